The molecule has 7 heteroatoms. The van der Waals surface area contributed by atoms with Gasteiger partial charge in [-0.25, -0.2) is 0 Å². The molecule has 2 aliphatic heterocycles. The average molecular weight is 418 g/mol. The number of amides is 2. The second kappa shape index (κ2) is 11.2. The zero-order valence-electron chi connectivity index (χ0n) is 18.3. The summed E-state index contributed by atoms with van der Waals surface area (Å²) in [6, 6.07) is 7.70. The Hall–Kier alpha value is -2.28. The Kier molecular flexibility index (Phi) is 8.37. The minimum absolute atomic E-state index is 0.0167. The van der Waals surface area contributed by atoms with Gasteiger partial charge in [0.25, 0.3) is 5.91 Å². The van der Waals surface area contributed by atoms with Gasteiger partial charge in [0.05, 0.1) is 13.2 Å². The van der Waals surface area contributed by atoms with Crippen LogP contribution in [0.5, 0.6) is 11.5 Å². The molecule has 0 aliphatic carbocycles. The van der Waals surface area contributed by atoms with Crippen LogP contribution in [0.2, 0.25) is 0 Å². The predicted octanol–water partition coefficient (Wildman–Crippen LogP) is 2.40. The highest BCUT2D eigenvalue weighted by molar-refractivity contribution is 5.79. The number of carbonyl (C=O) groups is 2. The molecule has 2 aliphatic rings. The molecule has 1 unspecified atom stereocenters. The Morgan fingerprint density at radius 2 is 1.60 bits per heavy atom. The van der Waals surface area contributed by atoms with E-state index in [9.17, 15) is 9.59 Å². The van der Waals surface area contributed by atoms with Crippen molar-refractivity contribution in [1.82, 2.24) is 14.7 Å². The van der Waals surface area contributed by atoms with E-state index in [1.165, 1.54) is 6.42 Å². The quantitative estimate of drug-likeness (QED) is 0.650. The van der Waals surface area contributed by atoms with Crippen molar-refractivity contribution < 1.29 is 19.1 Å². The molecule has 7 nitrogen and oxygen atoms in total. The Balaban J connectivity index is 1.37. The standard InChI is InChI=1S/C23H35N3O4/c1-3-16-29-20-7-9-21(10-8-20)30-18-23(28)25-14-12-24(13-15-25)17-22(27)26-11-5-4-6-19(26)2/h7-10,19H,3-6,11-18H2,1-2H3. The van der Waals surface area contributed by atoms with Crippen molar-refractivity contribution in [3.05, 3.63) is 24.3 Å². The minimum Gasteiger partial charge on any atom is -0.494 e. The lowest BCUT2D eigenvalue weighted by atomic mass is 10.0. The first-order valence-corrected chi connectivity index (χ1v) is 11.2. The molecule has 2 fully saturated rings. The Morgan fingerprint density at radius 1 is 0.933 bits per heavy atom. The van der Waals surface area contributed by atoms with Gasteiger partial charge in [-0.3, -0.25) is 14.5 Å². The third kappa shape index (κ3) is 6.36. The Morgan fingerprint density at radius 3 is 2.23 bits per heavy atom. The SMILES string of the molecule is CCCOc1ccc(OCC(=O)N2CCN(CC(=O)N3CCCCC3C)CC2)cc1. The van der Waals surface area contributed by atoms with Gasteiger partial charge in [0.2, 0.25) is 5.91 Å². The largest absolute Gasteiger partial charge is 0.494 e. The number of carbonyl (C=O) groups excluding carboxylic acids is 2. The van der Waals surface area contributed by atoms with Gasteiger partial charge in [-0.05, 0) is 56.9 Å². The number of likely N-dealkylation sites (tertiary alicyclic amines) is 1. The van der Waals surface area contributed by atoms with Crippen molar-refractivity contribution >= 4 is 11.8 Å². The first-order valence-electron chi connectivity index (χ1n) is 11.2. The highest BCUT2D eigenvalue weighted by atomic mass is 16.5. The molecule has 0 N–H and O–H groups in total. The summed E-state index contributed by atoms with van der Waals surface area (Å²) in [5, 5.41) is 0. The van der Waals surface area contributed by atoms with Crippen LogP contribution in [-0.4, -0.2) is 85.0 Å². The lowest BCUT2D eigenvalue weighted by Crippen LogP contribution is -2.53. The van der Waals surface area contributed by atoms with Gasteiger partial charge >= 0.3 is 0 Å². The van der Waals surface area contributed by atoms with Gasteiger partial charge in [-0.15, -0.1) is 0 Å². The minimum atomic E-state index is -0.0167. The van der Waals surface area contributed by atoms with Gasteiger partial charge in [-0.2, -0.15) is 0 Å². The summed E-state index contributed by atoms with van der Waals surface area (Å²) in [5.74, 6) is 1.67. The molecule has 1 atom stereocenters. The van der Waals surface area contributed by atoms with Crippen LogP contribution in [-0.2, 0) is 9.59 Å². The van der Waals surface area contributed by atoms with E-state index in [1.54, 1.807) is 0 Å². The predicted molar refractivity (Wildman–Crippen MR) is 116 cm³/mol. The number of piperidine rings is 1. The van der Waals surface area contributed by atoms with Crippen LogP contribution in [0.4, 0.5) is 0 Å². The van der Waals surface area contributed by atoms with Crippen LogP contribution in [0.1, 0.15) is 39.5 Å². The molecule has 0 spiro atoms. The zero-order valence-corrected chi connectivity index (χ0v) is 18.3. The molecule has 166 valence electrons. The molecule has 0 aromatic heterocycles. The molecule has 2 saturated heterocycles. The number of hydrogen-bond donors (Lipinski definition) is 0. The first kappa shape index (κ1) is 22.4. The number of nitrogens with zero attached hydrogens (tertiary/aromatic N) is 3. The van der Waals surface area contributed by atoms with Crippen molar-refractivity contribution in [1.29, 1.82) is 0 Å². The topological polar surface area (TPSA) is 62.3 Å². The second-order valence-corrected chi connectivity index (χ2v) is 8.20. The molecular weight excluding hydrogens is 382 g/mol. The smallest absolute Gasteiger partial charge is 0.260 e. The molecular formula is C23H35N3O4. The number of hydrogen-bond acceptors (Lipinski definition) is 5. The Bertz CT molecular complexity index is 686. The van der Waals surface area contributed by atoms with Gasteiger partial charge in [-0.1, -0.05) is 6.92 Å². The third-order valence-corrected chi connectivity index (χ3v) is 5.87. The van der Waals surface area contributed by atoms with E-state index in [0.29, 0.717) is 38.0 Å². The fourth-order valence-corrected chi connectivity index (χ4v) is 3.99. The molecule has 3 rings (SSSR count). The molecule has 2 heterocycles. The molecule has 0 saturated carbocycles. The summed E-state index contributed by atoms with van der Waals surface area (Å²) in [6.07, 6.45) is 4.38. The maximum Gasteiger partial charge on any atom is 0.260 e. The zero-order chi connectivity index (χ0) is 21.3. The summed E-state index contributed by atoms with van der Waals surface area (Å²) in [7, 11) is 0. The average Bonchev–Trinajstić information content (AvgIpc) is 2.77. The summed E-state index contributed by atoms with van der Waals surface area (Å²) in [4.78, 5) is 31.1. The van der Waals surface area contributed by atoms with Crippen molar-refractivity contribution in [2.45, 2.75) is 45.6 Å². The van der Waals surface area contributed by atoms with E-state index in [-0.39, 0.29) is 18.4 Å². The fourth-order valence-electron chi connectivity index (χ4n) is 3.99. The van der Waals surface area contributed by atoms with E-state index in [1.807, 2.05) is 34.1 Å². The second-order valence-electron chi connectivity index (χ2n) is 8.20. The molecule has 0 radical (unpaired) electrons. The molecule has 2 amide bonds. The van der Waals surface area contributed by atoms with Gasteiger partial charge in [0.15, 0.2) is 6.61 Å². The normalized spacial score (nSPS) is 20.1. The molecule has 1 aromatic rings. The highest BCUT2D eigenvalue weighted by Gasteiger charge is 2.27. The summed E-state index contributed by atoms with van der Waals surface area (Å²) in [6.45, 7) is 8.97. The van der Waals surface area contributed by atoms with Crippen LogP contribution in [0.25, 0.3) is 0 Å². The van der Waals surface area contributed by atoms with Crippen LogP contribution in [0.15, 0.2) is 24.3 Å². The lowest BCUT2D eigenvalue weighted by Gasteiger charge is -2.38. The Labute approximate surface area is 179 Å². The van der Waals surface area contributed by atoms with Crippen LogP contribution >= 0.6 is 0 Å². The van der Waals surface area contributed by atoms with Crippen molar-refractivity contribution in [2.24, 2.45) is 0 Å². The van der Waals surface area contributed by atoms with E-state index in [2.05, 4.69) is 18.7 Å². The van der Waals surface area contributed by atoms with Gasteiger partial charge < -0.3 is 19.3 Å². The third-order valence-electron chi connectivity index (χ3n) is 5.87. The summed E-state index contributed by atoms with van der Waals surface area (Å²) in [5.41, 5.74) is 0. The maximum atomic E-state index is 12.6. The van der Waals surface area contributed by atoms with Gasteiger partial charge in [0.1, 0.15) is 11.5 Å². The first-order chi connectivity index (χ1) is 14.6. The van der Waals surface area contributed by atoms with E-state index in [0.717, 1.165) is 44.6 Å². The van der Waals surface area contributed by atoms with Crippen LogP contribution in [0.3, 0.4) is 0 Å². The molecule has 30 heavy (non-hydrogen) atoms. The molecule has 0 bridgehead atoms. The summed E-state index contributed by atoms with van der Waals surface area (Å²) < 4.78 is 11.2. The van der Waals surface area contributed by atoms with Crippen LogP contribution < -0.4 is 9.47 Å². The number of rotatable bonds is 8. The maximum absolute atomic E-state index is 12.6. The number of piperazine rings is 1. The van der Waals surface area contributed by atoms with E-state index >= 15 is 0 Å². The monoisotopic (exact) mass is 417 g/mol. The van der Waals surface area contributed by atoms with E-state index in [4.69, 9.17) is 9.47 Å². The van der Waals surface area contributed by atoms with Crippen LogP contribution in [0, 0.1) is 0 Å². The summed E-state index contributed by atoms with van der Waals surface area (Å²) >= 11 is 0. The molecule has 1 aromatic carbocycles. The fraction of sp³-hybridized carbons (Fsp3) is 0.652. The highest BCUT2D eigenvalue weighted by Crippen LogP contribution is 2.19. The van der Waals surface area contributed by atoms with Gasteiger partial charge in [0, 0.05) is 38.8 Å². The van der Waals surface area contributed by atoms with E-state index < -0.39 is 0 Å². The number of benzene rings is 1. The van der Waals surface area contributed by atoms with Crippen molar-refractivity contribution in [2.75, 3.05) is 52.5 Å². The van der Waals surface area contributed by atoms with Crippen molar-refractivity contribution in [3.63, 3.8) is 0 Å². The number of ether oxygens (including phenoxy) is 2. The van der Waals surface area contributed by atoms with Crippen molar-refractivity contribution in [3.8, 4) is 11.5 Å². The lowest BCUT2D eigenvalue weighted by molar-refractivity contribution is -0.138.